The summed E-state index contributed by atoms with van der Waals surface area (Å²) in [5.41, 5.74) is 6.83. The summed E-state index contributed by atoms with van der Waals surface area (Å²) in [6.45, 7) is 14.4. The van der Waals surface area contributed by atoms with Crippen LogP contribution in [0.1, 0.15) is 49.3 Å². The van der Waals surface area contributed by atoms with Gasteiger partial charge in [0, 0.05) is 36.3 Å². The number of ether oxygens (including phenoxy) is 2. The molecular weight excluding hydrogens is 550 g/mol. The van der Waals surface area contributed by atoms with E-state index < -0.39 is 17.7 Å². The first-order valence-corrected chi connectivity index (χ1v) is 15.3. The highest BCUT2D eigenvalue weighted by Gasteiger charge is 2.36. The summed E-state index contributed by atoms with van der Waals surface area (Å²) in [6.07, 6.45) is 4.18. The number of benzene rings is 2. The van der Waals surface area contributed by atoms with E-state index in [4.69, 9.17) is 9.47 Å². The molecule has 0 saturated carbocycles. The summed E-state index contributed by atoms with van der Waals surface area (Å²) in [6, 6.07) is 10.4. The molecule has 5 rings (SSSR count). The van der Waals surface area contributed by atoms with Gasteiger partial charge >= 0.3 is 5.97 Å². The largest absolute Gasteiger partial charge is 0.489 e. The molecule has 2 aromatic carbocycles. The fourth-order valence-electron chi connectivity index (χ4n) is 5.67. The number of aromatic nitrogens is 3. The summed E-state index contributed by atoms with van der Waals surface area (Å²) in [5, 5.41) is 11.6. The molecule has 0 unspecified atom stereocenters. The number of carboxylic acid groups (broad SMARTS) is 1. The lowest BCUT2D eigenvalue weighted by Crippen LogP contribution is -2.32. The Balaban J connectivity index is 1.72. The number of aryl methyl sites for hydroxylation is 2. The zero-order valence-corrected chi connectivity index (χ0v) is 26.1. The number of aliphatic carboxylic acids is 1. The van der Waals surface area contributed by atoms with E-state index in [1.165, 1.54) is 0 Å². The van der Waals surface area contributed by atoms with Crippen LogP contribution in [0.15, 0.2) is 42.7 Å². The molecule has 3 heterocycles. The van der Waals surface area contributed by atoms with Gasteiger partial charge in [-0.25, -0.2) is 14.8 Å². The molecule has 1 aliphatic rings. The van der Waals surface area contributed by atoms with Gasteiger partial charge < -0.3 is 24.0 Å². The van der Waals surface area contributed by atoms with Crippen LogP contribution in [0, 0.1) is 20.8 Å². The maximum Gasteiger partial charge on any atom is 0.337 e. The minimum Gasteiger partial charge on any atom is -0.489 e. The third kappa shape index (κ3) is 5.84. The summed E-state index contributed by atoms with van der Waals surface area (Å²) >= 11 is 1.55. The Morgan fingerprint density at radius 2 is 1.81 bits per heavy atom. The zero-order chi connectivity index (χ0) is 30.2. The van der Waals surface area contributed by atoms with E-state index in [0.717, 1.165) is 51.1 Å². The smallest absolute Gasteiger partial charge is 0.337 e. The predicted molar refractivity (Wildman–Crippen MR) is 169 cm³/mol. The first kappa shape index (κ1) is 29.9. The molecular formula is C32H39N5O4S. The summed E-state index contributed by atoms with van der Waals surface area (Å²) in [7, 11) is 0. The van der Waals surface area contributed by atoms with Crippen LogP contribution in [0.4, 0.5) is 11.6 Å². The molecule has 9 nitrogen and oxygen atoms in total. The van der Waals surface area contributed by atoms with Crippen LogP contribution >= 0.6 is 11.9 Å². The molecule has 1 atom stereocenters. The lowest BCUT2D eigenvalue weighted by atomic mass is 9.87. The minimum absolute atomic E-state index is 0.508. The van der Waals surface area contributed by atoms with Crippen molar-refractivity contribution < 1.29 is 19.4 Å². The molecule has 0 bridgehead atoms. The number of hydrogen-bond acceptors (Lipinski definition) is 8. The van der Waals surface area contributed by atoms with Crippen molar-refractivity contribution in [3.63, 3.8) is 0 Å². The van der Waals surface area contributed by atoms with Crippen LogP contribution in [0.3, 0.4) is 0 Å². The van der Waals surface area contributed by atoms with Gasteiger partial charge in [-0.3, -0.25) is 4.72 Å². The molecule has 0 saturated heterocycles. The third-order valence-corrected chi connectivity index (χ3v) is 7.91. The fraction of sp³-hybridized carbons (Fsp3) is 0.406. The SMILES string of the molecule is CSNCCOc1cnc(N2CCn3c(C)cc4c(-c5ccc(C)cc5)c([C@H](OC(C)(C)C)C(=O)O)c(C)c2c43)nc1. The quantitative estimate of drug-likeness (QED) is 0.162. The number of carbonyl (C=O) groups is 1. The number of nitrogens with zero attached hydrogens (tertiary/aromatic N) is 4. The number of anilines is 2. The molecule has 42 heavy (non-hydrogen) atoms. The van der Waals surface area contributed by atoms with Crippen molar-refractivity contribution in [1.82, 2.24) is 19.3 Å². The van der Waals surface area contributed by atoms with Gasteiger partial charge in [0.1, 0.15) is 6.61 Å². The van der Waals surface area contributed by atoms with Crippen molar-refractivity contribution in [3.8, 4) is 16.9 Å². The van der Waals surface area contributed by atoms with Crippen LogP contribution in [0.2, 0.25) is 0 Å². The Hall–Kier alpha value is -3.60. The molecule has 0 aliphatic carbocycles. The molecule has 0 fully saturated rings. The lowest BCUT2D eigenvalue weighted by molar-refractivity contribution is -0.160. The van der Waals surface area contributed by atoms with Gasteiger partial charge in [0.05, 0.1) is 29.2 Å². The summed E-state index contributed by atoms with van der Waals surface area (Å²) in [5.74, 6) is 0.108. The number of carboxylic acids is 1. The van der Waals surface area contributed by atoms with Gasteiger partial charge in [-0.15, -0.1) is 0 Å². The van der Waals surface area contributed by atoms with Gasteiger partial charge in [-0.2, -0.15) is 0 Å². The summed E-state index contributed by atoms with van der Waals surface area (Å²) in [4.78, 5) is 24.4. The lowest BCUT2D eigenvalue weighted by Gasteiger charge is -2.35. The number of nitrogens with one attached hydrogen (secondary N) is 1. The third-order valence-electron chi connectivity index (χ3n) is 7.41. The fourth-order valence-corrected chi connectivity index (χ4v) is 5.96. The molecule has 4 aromatic rings. The highest BCUT2D eigenvalue weighted by atomic mass is 32.2. The molecule has 222 valence electrons. The van der Waals surface area contributed by atoms with E-state index >= 15 is 0 Å². The number of rotatable bonds is 10. The van der Waals surface area contributed by atoms with Crippen molar-refractivity contribution in [2.75, 3.05) is 30.9 Å². The molecule has 2 N–H and O–H groups in total. The van der Waals surface area contributed by atoms with Crippen LogP contribution < -0.4 is 14.4 Å². The van der Waals surface area contributed by atoms with Crippen molar-refractivity contribution in [2.45, 2.75) is 59.8 Å². The van der Waals surface area contributed by atoms with Crippen LogP contribution in [-0.4, -0.2) is 57.2 Å². The monoisotopic (exact) mass is 589 g/mol. The molecule has 0 radical (unpaired) electrons. The van der Waals surface area contributed by atoms with Gasteiger partial charge in [0.25, 0.3) is 0 Å². The van der Waals surface area contributed by atoms with Crippen LogP contribution in [0.25, 0.3) is 22.0 Å². The molecule has 1 aliphatic heterocycles. The van der Waals surface area contributed by atoms with E-state index in [2.05, 4.69) is 61.4 Å². The van der Waals surface area contributed by atoms with E-state index in [1.54, 1.807) is 24.3 Å². The van der Waals surface area contributed by atoms with Crippen LogP contribution in [-0.2, 0) is 16.1 Å². The van der Waals surface area contributed by atoms with E-state index in [0.29, 0.717) is 37.0 Å². The van der Waals surface area contributed by atoms with E-state index in [1.807, 2.05) is 40.9 Å². The van der Waals surface area contributed by atoms with Gasteiger partial charge in [-0.05, 0) is 70.6 Å². The van der Waals surface area contributed by atoms with Gasteiger partial charge in [-0.1, -0.05) is 41.8 Å². The topological polar surface area (TPSA) is 102 Å². The second-order valence-electron chi connectivity index (χ2n) is 11.6. The minimum atomic E-state index is -1.18. The standard InChI is InChI=1S/C32H39N5O4S/c1-19-8-10-22(11-9-19)26-24-16-20(2)36-13-14-37(31-33-17-23(18-34-31)40-15-12-35-42-7)27(28(24)36)21(3)25(26)29(30(38)39)41-32(4,5)6/h8-11,16-18,29,35H,12-15H2,1-7H3,(H,38,39)/t29-/m0/s1. The Kier molecular flexibility index (Phi) is 8.50. The van der Waals surface area contributed by atoms with E-state index in [9.17, 15) is 9.90 Å². The predicted octanol–water partition coefficient (Wildman–Crippen LogP) is 6.36. The maximum absolute atomic E-state index is 12.9. The maximum atomic E-state index is 12.9. The Morgan fingerprint density at radius 3 is 2.43 bits per heavy atom. The van der Waals surface area contributed by atoms with Gasteiger partial charge in [0.15, 0.2) is 11.9 Å². The van der Waals surface area contributed by atoms with Crippen molar-refractivity contribution in [2.24, 2.45) is 0 Å². The van der Waals surface area contributed by atoms with Crippen LogP contribution in [0.5, 0.6) is 5.75 Å². The molecule has 0 spiro atoms. The zero-order valence-electron chi connectivity index (χ0n) is 25.3. The summed E-state index contributed by atoms with van der Waals surface area (Å²) < 4.78 is 17.5. The first-order chi connectivity index (χ1) is 20.0. The normalized spacial score (nSPS) is 13.9. The molecule has 0 amide bonds. The number of hydrogen-bond donors (Lipinski definition) is 2. The second kappa shape index (κ2) is 11.9. The Labute approximate surface area is 251 Å². The van der Waals surface area contributed by atoms with Gasteiger partial charge in [0.2, 0.25) is 5.95 Å². The Bertz CT molecular complexity index is 1590. The average Bonchev–Trinajstić information content (AvgIpc) is 3.28. The van der Waals surface area contributed by atoms with Crippen molar-refractivity contribution in [1.29, 1.82) is 0 Å². The van der Waals surface area contributed by atoms with Crippen molar-refractivity contribution >= 4 is 40.5 Å². The van der Waals surface area contributed by atoms with Crippen molar-refractivity contribution in [3.05, 3.63) is 65.1 Å². The van der Waals surface area contributed by atoms with E-state index in [-0.39, 0.29) is 0 Å². The Morgan fingerprint density at radius 1 is 1.12 bits per heavy atom. The second-order valence-corrected chi connectivity index (χ2v) is 12.3. The highest BCUT2D eigenvalue weighted by Crippen LogP contribution is 2.49. The first-order valence-electron chi connectivity index (χ1n) is 14.1. The molecule has 2 aromatic heterocycles. The average molecular weight is 590 g/mol. The highest BCUT2D eigenvalue weighted by molar-refractivity contribution is 7.96. The molecule has 10 heteroatoms.